The Hall–Kier alpha value is -2.19. The minimum absolute atomic E-state index is 0.0719. The van der Waals surface area contributed by atoms with Gasteiger partial charge >= 0.3 is 19.8 Å². The highest BCUT2D eigenvalue weighted by Gasteiger charge is 2.51. The maximum atomic E-state index is 12.8. The van der Waals surface area contributed by atoms with Crippen molar-refractivity contribution < 1.29 is 63.1 Å². The fourth-order valence-corrected chi connectivity index (χ4v) is 8.61. The number of hydrogen-bond acceptors (Lipinski definition) is 12. The highest BCUT2D eigenvalue weighted by atomic mass is 31.2. The van der Waals surface area contributed by atoms with E-state index >= 15 is 0 Å². The molecule has 1 rings (SSSR count). The van der Waals surface area contributed by atoms with Gasteiger partial charge in [0.25, 0.3) is 0 Å². The molecule has 0 spiro atoms. The number of unbranched alkanes of at least 4 members (excludes halogenated alkanes) is 24. The van der Waals surface area contributed by atoms with Crippen molar-refractivity contribution in [2.75, 3.05) is 13.2 Å². The first-order valence-electron chi connectivity index (χ1n) is 25.5. The summed E-state index contributed by atoms with van der Waals surface area (Å²) in [5.41, 5.74) is 0. The van der Waals surface area contributed by atoms with Crippen molar-refractivity contribution in [3.8, 4) is 0 Å². The molecule has 0 heterocycles. The van der Waals surface area contributed by atoms with Crippen molar-refractivity contribution >= 4 is 19.8 Å². The molecular weight excluding hydrogens is 852 g/mol. The van der Waals surface area contributed by atoms with E-state index in [1.807, 2.05) is 24.3 Å². The zero-order valence-corrected chi connectivity index (χ0v) is 41.2. The second-order valence-electron chi connectivity index (χ2n) is 17.7. The number of hydrogen-bond donors (Lipinski definition) is 6. The number of allylic oxidation sites excluding steroid dienone is 8. The molecule has 0 amide bonds. The lowest BCUT2D eigenvalue weighted by atomic mass is 9.85. The number of ether oxygens (including phenoxy) is 2. The molecule has 0 aromatic heterocycles. The fraction of sp³-hybridized carbons (Fsp3) is 0.804. The van der Waals surface area contributed by atoms with Crippen LogP contribution >= 0.6 is 7.82 Å². The molecule has 1 fully saturated rings. The summed E-state index contributed by atoms with van der Waals surface area (Å²) in [7, 11) is -5.13. The van der Waals surface area contributed by atoms with Crippen LogP contribution in [-0.4, -0.2) is 98.3 Å². The summed E-state index contributed by atoms with van der Waals surface area (Å²) < 4.78 is 33.6. The normalized spacial score (nSPS) is 21.8. The minimum Gasteiger partial charge on any atom is -0.462 e. The van der Waals surface area contributed by atoms with Crippen LogP contribution < -0.4 is 0 Å². The van der Waals surface area contributed by atoms with Crippen molar-refractivity contribution in [2.24, 2.45) is 0 Å². The molecule has 14 heteroatoms. The molecule has 0 saturated heterocycles. The van der Waals surface area contributed by atoms with E-state index in [-0.39, 0.29) is 12.8 Å². The summed E-state index contributed by atoms with van der Waals surface area (Å²) in [4.78, 5) is 35.8. The van der Waals surface area contributed by atoms with Crippen LogP contribution in [0.4, 0.5) is 0 Å². The molecule has 0 bridgehead atoms. The van der Waals surface area contributed by atoms with Crippen molar-refractivity contribution in [1.82, 2.24) is 0 Å². The summed E-state index contributed by atoms with van der Waals surface area (Å²) in [6.07, 6.45) is 36.1. The Morgan fingerprint density at radius 1 is 0.492 bits per heavy atom. The Kier molecular flexibility index (Phi) is 38.2. The van der Waals surface area contributed by atoms with Gasteiger partial charge < -0.3 is 39.9 Å². The summed E-state index contributed by atoms with van der Waals surface area (Å²) in [5, 5.41) is 50.2. The number of aliphatic hydroxyl groups is 5. The Labute approximate surface area is 392 Å². The molecule has 0 aromatic rings. The summed E-state index contributed by atoms with van der Waals surface area (Å²) >= 11 is 0. The molecule has 0 aliphatic heterocycles. The number of aliphatic hydroxyl groups excluding tert-OH is 5. The van der Waals surface area contributed by atoms with E-state index in [0.29, 0.717) is 12.8 Å². The van der Waals surface area contributed by atoms with Crippen molar-refractivity contribution in [3.63, 3.8) is 0 Å². The van der Waals surface area contributed by atoms with Crippen LogP contribution in [0, 0.1) is 0 Å². The highest BCUT2D eigenvalue weighted by Crippen LogP contribution is 2.47. The maximum absolute atomic E-state index is 12.8. The number of carbonyl (C=O) groups excluding carboxylic acids is 2. The monoisotopic (exact) mass is 943 g/mol. The number of esters is 2. The van der Waals surface area contributed by atoms with Gasteiger partial charge in [0.1, 0.15) is 43.2 Å². The van der Waals surface area contributed by atoms with E-state index in [4.69, 9.17) is 18.5 Å². The first kappa shape index (κ1) is 60.8. The number of rotatable bonds is 42. The third kappa shape index (κ3) is 33.0. The van der Waals surface area contributed by atoms with Gasteiger partial charge in [-0.3, -0.25) is 18.6 Å². The number of phosphoric ester groups is 1. The van der Waals surface area contributed by atoms with Gasteiger partial charge in [-0.15, -0.1) is 0 Å². The predicted octanol–water partition coefficient (Wildman–Crippen LogP) is 10.7. The first-order valence-corrected chi connectivity index (χ1v) is 27.0. The van der Waals surface area contributed by atoms with E-state index in [2.05, 4.69) is 38.2 Å². The molecule has 378 valence electrons. The summed E-state index contributed by atoms with van der Waals surface area (Å²) in [6.45, 7) is 3.16. The molecule has 0 aromatic carbocycles. The van der Waals surface area contributed by atoms with Crippen LogP contribution in [0.3, 0.4) is 0 Å². The van der Waals surface area contributed by atoms with E-state index in [9.17, 15) is 44.6 Å². The van der Waals surface area contributed by atoms with Gasteiger partial charge in [0.15, 0.2) is 6.10 Å². The predicted molar refractivity (Wildman–Crippen MR) is 258 cm³/mol. The quantitative estimate of drug-likeness (QED) is 0.0111. The van der Waals surface area contributed by atoms with Crippen LogP contribution in [0.5, 0.6) is 0 Å². The molecule has 1 saturated carbocycles. The zero-order chi connectivity index (χ0) is 47.8. The third-order valence-corrected chi connectivity index (χ3v) is 12.7. The van der Waals surface area contributed by atoms with Crippen molar-refractivity contribution in [1.29, 1.82) is 0 Å². The zero-order valence-electron chi connectivity index (χ0n) is 40.3. The van der Waals surface area contributed by atoms with Crippen LogP contribution in [-0.2, 0) is 32.7 Å². The fourth-order valence-electron chi connectivity index (χ4n) is 7.64. The second-order valence-corrected chi connectivity index (χ2v) is 19.1. The molecule has 1 aliphatic carbocycles. The number of carbonyl (C=O) groups is 2. The summed E-state index contributed by atoms with van der Waals surface area (Å²) in [5.74, 6) is -1.13. The van der Waals surface area contributed by atoms with Crippen LogP contribution in [0.15, 0.2) is 48.6 Å². The van der Waals surface area contributed by atoms with Gasteiger partial charge in [-0.25, -0.2) is 4.57 Å². The molecule has 0 radical (unpaired) electrons. The maximum Gasteiger partial charge on any atom is 0.472 e. The second kappa shape index (κ2) is 40.8. The molecule has 7 unspecified atom stereocenters. The Bertz CT molecular complexity index is 1320. The van der Waals surface area contributed by atoms with Crippen LogP contribution in [0.25, 0.3) is 0 Å². The Morgan fingerprint density at radius 3 is 1.37 bits per heavy atom. The van der Waals surface area contributed by atoms with Crippen molar-refractivity contribution in [2.45, 2.75) is 249 Å². The van der Waals surface area contributed by atoms with Gasteiger partial charge in [-0.1, -0.05) is 184 Å². The van der Waals surface area contributed by atoms with Gasteiger partial charge in [0.05, 0.1) is 6.61 Å². The lowest BCUT2D eigenvalue weighted by molar-refractivity contribution is -0.220. The molecule has 1 aliphatic rings. The average Bonchev–Trinajstić information content (AvgIpc) is 3.29. The Morgan fingerprint density at radius 2 is 0.892 bits per heavy atom. The van der Waals surface area contributed by atoms with Gasteiger partial charge in [0, 0.05) is 12.8 Å². The molecule has 8 atom stereocenters. The smallest absolute Gasteiger partial charge is 0.462 e. The van der Waals surface area contributed by atoms with E-state index in [1.54, 1.807) is 0 Å². The van der Waals surface area contributed by atoms with Gasteiger partial charge in [0.2, 0.25) is 0 Å². The topological polar surface area (TPSA) is 210 Å². The minimum atomic E-state index is -5.13. The van der Waals surface area contributed by atoms with E-state index < -0.39 is 75.7 Å². The van der Waals surface area contributed by atoms with E-state index in [0.717, 1.165) is 70.6 Å². The molecule has 6 N–H and O–H groups in total. The third-order valence-electron chi connectivity index (χ3n) is 11.7. The molecule has 65 heavy (non-hydrogen) atoms. The highest BCUT2D eigenvalue weighted by molar-refractivity contribution is 7.47. The average molecular weight is 943 g/mol. The van der Waals surface area contributed by atoms with Gasteiger partial charge in [-0.05, 0) is 57.8 Å². The van der Waals surface area contributed by atoms with Gasteiger partial charge in [-0.2, -0.15) is 0 Å². The van der Waals surface area contributed by atoms with Crippen molar-refractivity contribution in [3.05, 3.63) is 48.6 Å². The van der Waals surface area contributed by atoms with Crippen LogP contribution in [0.1, 0.15) is 206 Å². The van der Waals surface area contributed by atoms with E-state index in [1.165, 1.54) is 96.3 Å². The summed E-state index contributed by atoms with van der Waals surface area (Å²) in [6, 6.07) is 0. The molecule has 13 nitrogen and oxygen atoms in total. The standard InChI is InChI=1S/C51H91O13P/c1-3-5-7-9-11-13-15-17-18-19-20-21-22-23-24-25-26-28-29-31-33-35-37-39-44(52)61-41-43(42-62-65(59,60)64-51-49(57)47(55)46(54)48(56)50(51)58)63-45(53)40-38-36-34-32-30-27-16-14-12-10-8-6-4-2/h6,8,10,12,14,16,23-24,43,46-51,54-58H,3-5,7,9,11,13,15,17-22,25-42H2,1-2H3,(H,59,60)/b8-6+,12-10+,16-14+,24-23+/t43?,46?,47-,48?,49?,50?,51?/m0/s1. The largest absolute Gasteiger partial charge is 0.472 e. The number of phosphoric acid groups is 1. The first-order chi connectivity index (χ1) is 31.4. The Balaban J connectivity index is 2.36. The lowest BCUT2D eigenvalue weighted by Crippen LogP contribution is -2.64. The SMILES string of the molecule is CC/C=C/C=C/C=C/CCCCCCCC(=O)OC(COC(=O)CCCCCCCCC/C=C/CCCCCCCCCCCCCC)COP(=O)(O)OC1C(O)C(O)C(O)[C@H](O)C1O. The van der Waals surface area contributed by atoms with Crippen LogP contribution in [0.2, 0.25) is 0 Å². The molecular formula is C51H91O13P. The lowest BCUT2D eigenvalue weighted by Gasteiger charge is -2.41.